The average Bonchev–Trinajstić information content (AvgIpc) is 2.69. The molecule has 0 aliphatic heterocycles. The third-order valence-corrected chi connectivity index (χ3v) is 4.04. The highest BCUT2D eigenvalue weighted by Gasteiger charge is 2.09. The maximum Gasteiger partial charge on any atom is 0.134 e. The minimum atomic E-state index is 0.312. The van der Waals surface area contributed by atoms with Gasteiger partial charge < -0.3 is 14.9 Å². The molecule has 0 bridgehead atoms. The standard InChI is InChI=1S/C19H20N4O2S/c20-25-9-8-24-18-7-2-1-6-16(18)17-11-19(22-13-21-17)23-15-5-3-4-14(10-15)12-26/h1-7,10-11,13,26H,8-9,12,20H2,(H,21,22,23). The highest BCUT2D eigenvalue weighted by molar-refractivity contribution is 7.79. The Morgan fingerprint density at radius 3 is 2.73 bits per heavy atom. The van der Waals surface area contributed by atoms with Crippen LogP contribution < -0.4 is 16.0 Å². The zero-order valence-corrected chi connectivity index (χ0v) is 15.0. The number of hydrogen-bond donors (Lipinski definition) is 3. The third kappa shape index (κ3) is 4.72. The molecule has 2 aromatic carbocycles. The number of ether oxygens (including phenoxy) is 1. The summed E-state index contributed by atoms with van der Waals surface area (Å²) in [7, 11) is 0. The number of nitrogens with one attached hydrogen (secondary N) is 1. The van der Waals surface area contributed by atoms with Crippen LogP contribution in [0.1, 0.15) is 5.56 Å². The molecule has 1 aromatic heterocycles. The second-order valence-electron chi connectivity index (χ2n) is 5.49. The molecule has 1 heterocycles. The zero-order valence-electron chi connectivity index (χ0n) is 14.1. The summed E-state index contributed by atoms with van der Waals surface area (Å²) in [6.45, 7) is 0.673. The highest BCUT2D eigenvalue weighted by atomic mass is 32.1. The van der Waals surface area contributed by atoms with Crippen molar-refractivity contribution < 1.29 is 9.57 Å². The Morgan fingerprint density at radius 1 is 1.00 bits per heavy atom. The van der Waals surface area contributed by atoms with Crippen LogP contribution >= 0.6 is 12.6 Å². The first kappa shape index (κ1) is 18.2. The molecule has 134 valence electrons. The van der Waals surface area contributed by atoms with Gasteiger partial charge in [-0.05, 0) is 29.8 Å². The van der Waals surface area contributed by atoms with E-state index in [0.29, 0.717) is 30.5 Å². The van der Waals surface area contributed by atoms with E-state index in [4.69, 9.17) is 10.6 Å². The third-order valence-electron chi connectivity index (χ3n) is 3.67. The molecule has 0 fully saturated rings. The van der Waals surface area contributed by atoms with Crippen molar-refractivity contribution in [2.45, 2.75) is 5.75 Å². The SMILES string of the molecule is NOCCOc1ccccc1-c1cc(Nc2cccc(CS)c2)ncn1. The number of rotatable bonds is 8. The summed E-state index contributed by atoms with van der Waals surface area (Å²) in [5, 5.41) is 3.30. The number of nitrogens with zero attached hydrogens (tertiary/aromatic N) is 2. The molecule has 0 saturated heterocycles. The minimum Gasteiger partial charge on any atom is -0.490 e. The van der Waals surface area contributed by atoms with Crippen molar-refractivity contribution in [3.8, 4) is 17.0 Å². The van der Waals surface area contributed by atoms with Gasteiger partial charge in [-0.15, -0.1) is 0 Å². The van der Waals surface area contributed by atoms with E-state index < -0.39 is 0 Å². The predicted molar refractivity (Wildman–Crippen MR) is 106 cm³/mol. The molecular weight excluding hydrogens is 348 g/mol. The molecule has 3 N–H and O–H groups in total. The summed E-state index contributed by atoms with van der Waals surface area (Å²) in [5.74, 6) is 7.14. The number of para-hydroxylation sites is 1. The second-order valence-corrected chi connectivity index (χ2v) is 5.80. The fourth-order valence-corrected chi connectivity index (χ4v) is 2.67. The molecule has 3 aromatic rings. The van der Waals surface area contributed by atoms with Crippen LogP contribution in [0.5, 0.6) is 5.75 Å². The minimum absolute atomic E-state index is 0.312. The van der Waals surface area contributed by atoms with E-state index in [0.717, 1.165) is 22.5 Å². The molecule has 0 amide bonds. The number of benzene rings is 2. The molecule has 0 radical (unpaired) electrons. The fourth-order valence-electron chi connectivity index (χ4n) is 2.47. The van der Waals surface area contributed by atoms with Crippen molar-refractivity contribution in [3.63, 3.8) is 0 Å². The van der Waals surface area contributed by atoms with Crippen LogP contribution in [-0.2, 0) is 10.6 Å². The molecule has 0 unspecified atom stereocenters. The average molecular weight is 368 g/mol. The summed E-state index contributed by atoms with van der Waals surface area (Å²) < 4.78 is 5.73. The van der Waals surface area contributed by atoms with E-state index in [2.05, 4.69) is 32.8 Å². The molecule has 0 aliphatic carbocycles. The maximum absolute atomic E-state index is 5.73. The van der Waals surface area contributed by atoms with E-state index >= 15 is 0 Å². The van der Waals surface area contributed by atoms with Crippen LogP contribution in [0.4, 0.5) is 11.5 Å². The van der Waals surface area contributed by atoms with E-state index in [1.54, 1.807) is 0 Å². The summed E-state index contributed by atoms with van der Waals surface area (Å²) in [4.78, 5) is 13.2. The van der Waals surface area contributed by atoms with Crippen molar-refractivity contribution in [1.82, 2.24) is 9.97 Å². The zero-order chi connectivity index (χ0) is 18.2. The summed E-state index contributed by atoms with van der Waals surface area (Å²) in [6.07, 6.45) is 1.53. The van der Waals surface area contributed by atoms with Gasteiger partial charge in [0.15, 0.2) is 0 Å². The smallest absolute Gasteiger partial charge is 0.134 e. The number of hydrogen-bond acceptors (Lipinski definition) is 7. The Morgan fingerprint density at radius 2 is 1.88 bits per heavy atom. The first-order valence-electron chi connectivity index (χ1n) is 8.13. The highest BCUT2D eigenvalue weighted by Crippen LogP contribution is 2.29. The van der Waals surface area contributed by atoms with Crippen LogP contribution in [0.15, 0.2) is 60.9 Å². The summed E-state index contributed by atoms with van der Waals surface area (Å²) in [5.41, 5.74) is 3.72. The van der Waals surface area contributed by atoms with E-state index in [1.165, 1.54) is 6.33 Å². The molecule has 0 aliphatic rings. The number of thiol groups is 1. The Kier molecular flexibility index (Phi) is 6.43. The Balaban J connectivity index is 1.83. The van der Waals surface area contributed by atoms with Gasteiger partial charge in [-0.1, -0.05) is 24.3 Å². The molecule has 0 spiro atoms. The Labute approximate surface area is 157 Å². The van der Waals surface area contributed by atoms with Crippen LogP contribution in [0.2, 0.25) is 0 Å². The monoisotopic (exact) mass is 368 g/mol. The topological polar surface area (TPSA) is 82.3 Å². The molecule has 0 atom stereocenters. The van der Waals surface area contributed by atoms with Gasteiger partial charge in [-0.3, -0.25) is 0 Å². The van der Waals surface area contributed by atoms with Crippen LogP contribution in [0.3, 0.4) is 0 Å². The van der Waals surface area contributed by atoms with Crippen molar-refractivity contribution in [2.24, 2.45) is 5.90 Å². The largest absolute Gasteiger partial charge is 0.490 e. The van der Waals surface area contributed by atoms with Crippen LogP contribution in [0, 0.1) is 0 Å². The van der Waals surface area contributed by atoms with E-state index in [9.17, 15) is 0 Å². The maximum atomic E-state index is 5.73. The number of aromatic nitrogens is 2. The number of anilines is 2. The predicted octanol–water partition coefficient (Wildman–Crippen LogP) is 3.59. The summed E-state index contributed by atoms with van der Waals surface area (Å²) >= 11 is 4.31. The Hall–Kier alpha value is -2.61. The fraction of sp³-hybridized carbons (Fsp3) is 0.158. The van der Waals surface area contributed by atoms with E-state index in [-0.39, 0.29) is 0 Å². The Bertz CT molecular complexity index is 860. The second kappa shape index (κ2) is 9.19. The lowest BCUT2D eigenvalue weighted by Crippen LogP contribution is -2.10. The van der Waals surface area contributed by atoms with Gasteiger partial charge in [0.05, 0.1) is 5.69 Å². The van der Waals surface area contributed by atoms with Gasteiger partial charge in [-0.25, -0.2) is 15.9 Å². The van der Waals surface area contributed by atoms with Gasteiger partial charge in [0, 0.05) is 23.1 Å². The lowest BCUT2D eigenvalue weighted by atomic mass is 10.1. The van der Waals surface area contributed by atoms with Crippen molar-refractivity contribution in [1.29, 1.82) is 0 Å². The van der Waals surface area contributed by atoms with Crippen molar-refractivity contribution >= 4 is 24.1 Å². The van der Waals surface area contributed by atoms with Crippen LogP contribution in [0.25, 0.3) is 11.3 Å². The summed E-state index contributed by atoms with van der Waals surface area (Å²) in [6, 6.07) is 17.6. The van der Waals surface area contributed by atoms with Crippen molar-refractivity contribution in [3.05, 3.63) is 66.5 Å². The van der Waals surface area contributed by atoms with Gasteiger partial charge in [-0.2, -0.15) is 12.6 Å². The first-order chi connectivity index (χ1) is 12.8. The van der Waals surface area contributed by atoms with Crippen LogP contribution in [-0.4, -0.2) is 23.2 Å². The molecule has 26 heavy (non-hydrogen) atoms. The molecule has 6 nitrogen and oxygen atoms in total. The quantitative estimate of drug-likeness (QED) is 0.320. The molecular formula is C19H20N4O2S. The molecule has 0 saturated carbocycles. The molecule has 7 heteroatoms. The lowest BCUT2D eigenvalue weighted by molar-refractivity contribution is 0.102. The van der Waals surface area contributed by atoms with Gasteiger partial charge in [0.2, 0.25) is 0 Å². The van der Waals surface area contributed by atoms with Gasteiger partial charge in [0.1, 0.15) is 31.1 Å². The number of nitrogens with two attached hydrogens (primary N) is 1. The normalized spacial score (nSPS) is 10.5. The lowest BCUT2D eigenvalue weighted by Gasteiger charge is -2.12. The molecule has 3 rings (SSSR count). The van der Waals surface area contributed by atoms with Gasteiger partial charge in [0.25, 0.3) is 0 Å². The van der Waals surface area contributed by atoms with Gasteiger partial charge >= 0.3 is 0 Å². The van der Waals surface area contributed by atoms with Crippen molar-refractivity contribution in [2.75, 3.05) is 18.5 Å². The van der Waals surface area contributed by atoms with E-state index in [1.807, 2.05) is 54.6 Å². The first-order valence-corrected chi connectivity index (χ1v) is 8.76.